The molecular formula is C50H42. The summed E-state index contributed by atoms with van der Waals surface area (Å²) in [5, 5.41) is 9.55. The second-order valence-corrected chi connectivity index (χ2v) is 15.7. The van der Waals surface area contributed by atoms with Crippen molar-refractivity contribution in [3.8, 4) is 34.1 Å². The highest BCUT2D eigenvalue weighted by atomic mass is 14.2. The van der Waals surface area contributed by atoms with Crippen molar-refractivity contribution in [1.82, 2.24) is 0 Å². The van der Waals surface area contributed by atoms with Gasteiger partial charge >= 0.3 is 0 Å². The summed E-state index contributed by atoms with van der Waals surface area (Å²) >= 11 is 0. The van der Waals surface area contributed by atoms with Crippen molar-refractivity contribution >= 4 is 43.1 Å². The van der Waals surface area contributed by atoms with Crippen molar-refractivity contribution in [1.29, 1.82) is 0 Å². The Labute approximate surface area is 296 Å². The van der Waals surface area contributed by atoms with Crippen molar-refractivity contribution in [2.75, 3.05) is 0 Å². The molecule has 0 heterocycles. The highest BCUT2D eigenvalue weighted by Crippen LogP contribution is 2.39. The molecule has 0 fully saturated rings. The molecule has 0 aliphatic heterocycles. The van der Waals surface area contributed by atoms with Crippen LogP contribution in [-0.4, -0.2) is 0 Å². The Morgan fingerprint density at radius 3 is 1.10 bits per heavy atom. The summed E-state index contributed by atoms with van der Waals surface area (Å²) in [6.45, 7) is 13.6. The molecule has 0 saturated carbocycles. The van der Waals surface area contributed by atoms with Crippen LogP contribution in [0.2, 0.25) is 0 Å². The van der Waals surface area contributed by atoms with Crippen LogP contribution in [-0.2, 0) is 10.8 Å². The van der Waals surface area contributed by atoms with Gasteiger partial charge < -0.3 is 0 Å². The van der Waals surface area contributed by atoms with Crippen molar-refractivity contribution in [3.63, 3.8) is 0 Å². The molecule has 0 atom stereocenters. The molecule has 0 aliphatic rings. The maximum Gasteiger partial charge on any atom is 0.0412 e. The molecule has 8 rings (SSSR count). The van der Waals surface area contributed by atoms with E-state index in [2.05, 4.69) is 199 Å². The fourth-order valence-electron chi connectivity index (χ4n) is 7.41. The maximum atomic E-state index is 3.83. The Morgan fingerprint density at radius 2 is 0.720 bits per heavy atom. The maximum absolute atomic E-state index is 3.83. The van der Waals surface area contributed by atoms with Gasteiger partial charge in [0.05, 0.1) is 0 Å². The molecule has 242 valence electrons. The Bertz CT molecular complexity index is 2440. The number of rotatable bonds is 2. The summed E-state index contributed by atoms with van der Waals surface area (Å²) < 4.78 is 0. The minimum Gasteiger partial charge on any atom is -0.0616 e. The van der Waals surface area contributed by atoms with Gasteiger partial charge in [0, 0.05) is 21.9 Å². The molecule has 0 spiro atoms. The number of hydrogen-bond donors (Lipinski definition) is 0. The van der Waals surface area contributed by atoms with Gasteiger partial charge in [0.15, 0.2) is 0 Å². The van der Waals surface area contributed by atoms with Crippen molar-refractivity contribution < 1.29 is 0 Å². The molecule has 0 nitrogen and oxygen atoms in total. The quantitative estimate of drug-likeness (QED) is 0.130. The third-order valence-corrected chi connectivity index (χ3v) is 10.2. The molecule has 0 radical (unpaired) electrons. The first-order valence-corrected chi connectivity index (χ1v) is 17.7. The van der Waals surface area contributed by atoms with Crippen LogP contribution in [0, 0.1) is 11.8 Å². The van der Waals surface area contributed by atoms with E-state index in [1.165, 1.54) is 76.5 Å². The monoisotopic (exact) mass is 642 g/mol. The highest BCUT2D eigenvalue weighted by Gasteiger charge is 2.17. The average molecular weight is 643 g/mol. The van der Waals surface area contributed by atoms with Crippen LogP contribution in [0.1, 0.15) is 63.8 Å². The Kier molecular flexibility index (Phi) is 7.62. The molecule has 0 unspecified atom stereocenters. The number of hydrogen-bond acceptors (Lipinski definition) is 0. The van der Waals surface area contributed by atoms with E-state index in [0.717, 1.165) is 11.1 Å². The van der Waals surface area contributed by atoms with Crippen LogP contribution in [0.25, 0.3) is 65.3 Å². The van der Waals surface area contributed by atoms with Crippen LogP contribution in [0.4, 0.5) is 0 Å². The zero-order chi connectivity index (χ0) is 34.6. The largest absolute Gasteiger partial charge is 0.0616 e. The summed E-state index contributed by atoms with van der Waals surface area (Å²) in [6, 6.07) is 53.5. The van der Waals surface area contributed by atoms with Gasteiger partial charge in [-0.3, -0.25) is 0 Å². The molecular weight excluding hydrogens is 601 g/mol. The van der Waals surface area contributed by atoms with E-state index in [4.69, 9.17) is 0 Å². The third-order valence-electron chi connectivity index (χ3n) is 10.2. The summed E-state index contributed by atoms with van der Waals surface area (Å²) in [5.41, 5.74) is 9.83. The molecule has 0 N–H and O–H groups in total. The topological polar surface area (TPSA) is 0 Å². The molecule has 0 saturated heterocycles. The minimum atomic E-state index is 0.0961. The first kappa shape index (κ1) is 31.6. The van der Waals surface area contributed by atoms with Crippen LogP contribution in [0.15, 0.2) is 146 Å². The van der Waals surface area contributed by atoms with Crippen molar-refractivity contribution in [2.45, 2.75) is 52.4 Å². The predicted molar refractivity (Wildman–Crippen MR) is 217 cm³/mol. The summed E-state index contributed by atoms with van der Waals surface area (Å²) in [6.07, 6.45) is 0. The van der Waals surface area contributed by atoms with E-state index in [1.807, 2.05) is 0 Å². The fourth-order valence-corrected chi connectivity index (χ4v) is 7.41. The molecule has 0 aliphatic carbocycles. The minimum absolute atomic E-state index is 0.0961. The van der Waals surface area contributed by atoms with E-state index in [1.54, 1.807) is 0 Å². The Hall–Kier alpha value is -5.64. The van der Waals surface area contributed by atoms with Crippen LogP contribution < -0.4 is 0 Å². The normalized spacial score (nSPS) is 12.0. The van der Waals surface area contributed by atoms with Crippen LogP contribution in [0.3, 0.4) is 0 Å². The standard InChI is InChI=1S/C50H42/c1-49(2,3)39-25-21-33(22-26-39)43-19-11-15-37-31-35-13-7-9-17-41(35)45(47(37)43)29-30-46-42-18-10-8-14-36(42)32-38-16-12-20-44(48(38)46)34-23-27-40(28-24-34)50(4,5)6/h7-28,31-32H,1-6H3. The molecule has 0 bridgehead atoms. The number of benzene rings is 8. The molecule has 0 amide bonds. The van der Waals surface area contributed by atoms with E-state index >= 15 is 0 Å². The second kappa shape index (κ2) is 12.0. The van der Waals surface area contributed by atoms with Gasteiger partial charge in [0.25, 0.3) is 0 Å². The van der Waals surface area contributed by atoms with E-state index in [0.29, 0.717) is 0 Å². The van der Waals surface area contributed by atoms with Gasteiger partial charge in [-0.1, -0.05) is 187 Å². The predicted octanol–water partition coefficient (Wildman–Crippen LogP) is 13.6. The zero-order valence-electron chi connectivity index (χ0n) is 29.9. The molecule has 0 heteroatoms. The molecule has 50 heavy (non-hydrogen) atoms. The van der Waals surface area contributed by atoms with E-state index in [9.17, 15) is 0 Å². The smallest absolute Gasteiger partial charge is 0.0412 e. The molecule has 8 aromatic carbocycles. The van der Waals surface area contributed by atoms with E-state index in [-0.39, 0.29) is 10.8 Å². The third kappa shape index (κ3) is 5.64. The first-order chi connectivity index (χ1) is 24.1. The van der Waals surface area contributed by atoms with Crippen molar-refractivity contribution in [3.05, 3.63) is 168 Å². The van der Waals surface area contributed by atoms with E-state index < -0.39 is 0 Å². The second-order valence-electron chi connectivity index (χ2n) is 15.7. The number of fused-ring (bicyclic) bond motifs is 4. The first-order valence-electron chi connectivity index (χ1n) is 17.7. The summed E-state index contributed by atoms with van der Waals surface area (Å²) in [5.74, 6) is 7.67. The summed E-state index contributed by atoms with van der Waals surface area (Å²) in [7, 11) is 0. The van der Waals surface area contributed by atoms with Crippen LogP contribution in [0.5, 0.6) is 0 Å². The van der Waals surface area contributed by atoms with Gasteiger partial charge in [-0.2, -0.15) is 0 Å². The lowest BCUT2D eigenvalue weighted by Crippen LogP contribution is -2.10. The fraction of sp³-hybridized carbons (Fsp3) is 0.160. The molecule has 8 aromatic rings. The van der Waals surface area contributed by atoms with Gasteiger partial charge in [-0.05, 0) is 88.7 Å². The highest BCUT2D eigenvalue weighted by molar-refractivity contribution is 6.13. The lowest BCUT2D eigenvalue weighted by molar-refractivity contribution is 0.590. The summed E-state index contributed by atoms with van der Waals surface area (Å²) in [4.78, 5) is 0. The lowest BCUT2D eigenvalue weighted by atomic mass is 9.85. The molecule has 0 aromatic heterocycles. The van der Waals surface area contributed by atoms with Gasteiger partial charge in [0.1, 0.15) is 0 Å². The lowest BCUT2D eigenvalue weighted by Gasteiger charge is -2.20. The van der Waals surface area contributed by atoms with Gasteiger partial charge in [0.2, 0.25) is 0 Å². The van der Waals surface area contributed by atoms with Gasteiger partial charge in [-0.15, -0.1) is 0 Å². The Morgan fingerprint density at radius 1 is 0.360 bits per heavy atom. The van der Waals surface area contributed by atoms with Gasteiger partial charge in [-0.25, -0.2) is 0 Å². The SMILES string of the molecule is CC(C)(C)c1ccc(-c2cccc3cc4ccccc4c(C#Cc4c5ccccc5cc5cccc(-c6ccc(C(C)(C)C)cc6)c45)c23)cc1. The average Bonchev–Trinajstić information content (AvgIpc) is 3.11. The van der Waals surface area contributed by atoms with Crippen molar-refractivity contribution in [2.24, 2.45) is 0 Å². The zero-order valence-corrected chi connectivity index (χ0v) is 29.9. The Balaban J connectivity index is 1.42. The van der Waals surface area contributed by atoms with Crippen LogP contribution >= 0.6 is 0 Å².